The fraction of sp³-hybridized carbons (Fsp3) is 0.562. The van der Waals surface area contributed by atoms with Crippen molar-refractivity contribution in [1.82, 2.24) is 0 Å². The quantitative estimate of drug-likeness (QED) is 0.906. The van der Waals surface area contributed by atoms with Crippen molar-refractivity contribution >= 4 is 5.90 Å². The number of hydrogen-bond donors (Lipinski definition) is 1. The van der Waals surface area contributed by atoms with Gasteiger partial charge in [0.25, 0.3) is 0 Å². The number of ether oxygens (including phenoxy) is 1. The number of nitrogens with two attached hydrogens (primary N) is 1. The van der Waals surface area contributed by atoms with Crippen LogP contribution in [0.2, 0.25) is 0 Å². The Hall–Kier alpha value is -1.35. The van der Waals surface area contributed by atoms with E-state index < -0.39 is 0 Å². The van der Waals surface area contributed by atoms with Crippen LogP contribution in [0.15, 0.2) is 29.3 Å². The maximum Gasteiger partial charge on any atom is 0.216 e. The van der Waals surface area contributed by atoms with E-state index in [1.807, 2.05) is 0 Å². The van der Waals surface area contributed by atoms with Crippen LogP contribution in [0.1, 0.15) is 43.7 Å². The van der Waals surface area contributed by atoms with Crippen molar-refractivity contribution in [3.05, 3.63) is 35.4 Å². The van der Waals surface area contributed by atoms with Crippen molar-refractivity contribution in [3.8, 4) is 0 Å². The standard InChI is InChI=1S/C16H22N2O/c1-12-10-19-15(18-12)13-4-6-14(7-5-13)16(11-17)8-2-3-9-16/h4-7,12H,2-3,8-11,17H2,1H3. The van der Waals surface area contributed by atoms with Crippen molar-refractivity contribution in [2.75, 3.05) is 13.2 Å². The molecule has 0 aromatic heterocycles. The molecule has 2 aliphatic rings. The zero-order valence-corrected chi connectivity index (χ0v) is 11.6. The number of nitrogens with zero attached hydrogens (tertiary/aromatic N) is 1. The monoisotopic (exact) mass is 258 g/mol. The van der Waals surface area contributed by atoms with Crippen LogP contribution in [0.3, 0.4) is 0 Å². The molecule has 1 aliphatic heterocycles. The van der Waals surface area contributed by atoms with E-state index in [1.165, 1.54) is 31.2 Å². The molecule has 1 heterocycles. The van der Waals surface area contributed by atoms with Gasteiger partial charge in [-0.2, -0.15) is 0 Å². The minimum absolute atomic E-state index is 0.212. The third-order valence-corrected chi connectivity index (χ3v) is 4.49. The summed E-state index contributed by atoms with van der Waals surface area (Å²) in [7, 11) is 0. The third-order valence-electron chi connectivity index (χ3n) is 4.49. The van der Waals surface area contributed by atoms with Gasteiger partial charge in [0, 0.05) is 17.5 Å². The topological polar surface area (TPSA) is 47.6 Å². The first-order valence-corrected chi connectivity index (χ1v) is 7.25. The fourth-order valence-corrected chi connectivity index (χ4v) is 3.26. The number of benzene rings is 1. The molecule has 19 heavy (non-hydrogen) atoms. The van der Waals surface area contributed by atoms with Crippen LogP contribution in [0.25, 0.3) is 0 Å². The maximum absolute atomic E-state index is 6.03. The summed E-state index contributed by atoms with van der Waals surface area (Å²) in [5.74, 6) is 0.785. The van der Waals surface area contributed by atoms with E-state index in [9.17, 15) is 0 Å². The van der Waals surface area contributed by atoms with E-state index in [4.69, 9.17) is 10.5 Å². The predicted molar refractivity (Wildman–Crippen MR) is 77.6 cm³/mol. The number of hydrogen-bond acceptors (Lipinski definition) is 3. The molecule has 2 N–H and O–H groups in total. The van der Waals surface area contributed by atoms with Crippen LogP contribution in [0, 0.1) is 0 Å². The summed E-state index contributed by atoms with van der Waals surface area (Å²) in [6.07, 6.45) is 5.03. The third kappa shape index (κ3) is 2.27. The Morgan fingerprint density at radius 2 is 1.95 bits per heavy atom. The van der Waals surface area contributed by atoms with Crippen LogP contribution in [-0.4, -0.2) is 25.1 Å². The average molecular weight is 258 g/mol. The summed E-state index contributed by atoms with van der Waals surface area (Å²) in [5.41, 5.74) is 8.70. The molecule has 0 radical (unpaired) electrons. The van der Waals surface area contributed by atoms with Gasteiger partial charge in [0.2, 0.25) is 5.90 Å². The molecule has 1 unspecified atom stereocenters. The second-order valence-electron chi connectivity index (χ2n) is 5.86. The smallest absolute Gasteiger partial charge is 0.216 e. The number of aliphatic imine (C=N–C) groups is 1. The molecule has 1 aromatic rings. The Kier molecular flexibility index (Phi) is 3.31. The lowest BCUT2D eigenvalue weighted by atomic mass is 9.79. The molecule has 3 heteroatoms. The molecule has 0 spiro atoms. The Balaban J connectivity index is 1.84. The lowest BCUT2D eigenvalue weighted by molar-refractivity contribution is 0.324. The molecule has 0 saturated heterocycles. The van der Waals surface area contributed by atoms with Crippen molar-refractivity contribution < 1.29 is 4.74 Å². The van der Waals surface area contributed by atoms with Crippen LogP contribution in [0.5, 0.6) is 0 Å². The minimum atomic E-state index is 0.212. The van der Waals surface area contributed by atoms with Crippen LogP contribution in [-0.2, 0) is 10.2 Å². The van der Waals surface area contributed by atoms with Gasteiger partial charge in [-0.15, -0.1) is 0 Å². The highest BCUT2D eigenvalue weighted by Gasteiger charge is 2.34. The SMILES string of the molecule is CC1COC(c2ccc(C3(CN)CCCC3)cc2)=N1. The molecule has 1 atom stereocenters. The van der Waals surface area contributed by atoms with Crippen LogP contribution < -0.4 is 5.73 Å². The first-order valence-electron chi connectivity index (χ1n) is 7.25. The van der Waals surface area contributed by atoms with Gasteiger partial charge in [0.1, 0.15) is 6.61 Å². The second kappa shape index (κ2) is 4.97. The molecule has 3 nitrogen and oxygen atoms in total. The van der Waals surface area contributed by atoms with Crippen LogP contribution in [0.4, 0.5) is 0 Å². The first-order chi connectivity index (χ1) is 9.23. The lowest BCUT2D eigenvalue weighted by Gasteiger charge is -2.28. The van der Waals surface area contributed by atoms with Gasteiger partial charge in [0.15, 0.2) is 0 Å². The van der Waals surface area contributed by atoms with E-state index in [-0.39, 0.29) is 11.5 Å². The molecule has 3 rings (SSSR count). The van der Waals surface area contributed by atoms with Crippen molar-refractivity contribution in [2.24, 2.45) is 10.7 Å². The van der Waals surface area contributed by atoms with Gasteiger partial charge in [-0.1, -0.05) is 25.0 Å². The Morgan fingerprint density at radius 1 is 1.26 bits per heavy atom. The summed E-state index contributed by atoms with van der Waals surface area (Å²) in [6, 6.07) is 8.95. The Morgan fingerprint density at radius 3 is 2.47 bits per heavy atom. The van der Waals surface area contributed by atoms with Crippen molar-refractivity contribution in [3.63, 3.8) is 0 Å². The van der Waals surface area contributed by atoms with E-state index in [0.29, 0.717) is 6.61 Å². The molecule has 0 bridgehead atoms. The summed E-state index contributed by atoms with van der Waals surface area (Å²) in [5, 5.41) is 0. The van der Waals surface area contributed by atoms with E-state index in [1.54, 1.807) is 0 Å². The van der Waals surface area contributed by atoms with Gasteiger partial charge < -0.3 is 10.5 Å². The lowest BCUT2D eigenvalue weighted by Crippen LogP contribution is -2.31. The van der Waals surface area contributed by atoms with E-state index in [2.05, 4.69) is 36.2 Å². The molecule has 0 amide bonds. The Bertz CT molecular complexity index is 472. The largest absolute Gasteiger partial charge is 0.475 e. The summed E-state index contributed by atoms with van der Waals surface area (Å²) in [6.45, 7) is 3.52. The highest BCUT2D eigenvalue weighted by Crippen LogP contribution is 2.40. The van der Waals surface area contributed by atoms with Gasteiger partial charge in [-0.3, -0.25) is 0 Å². The molecular formula is C16H22N2O. The van der Waals surface area contributed by atoms with Crippen LogP contribution >= 0.6 is 0 Å². The zero-order chi connectivity index (χ0) is 13.3. The zero-order valence-electron chi connectivity index (χ0n) is 11.6. The van der Waals surface area contributed by atoms with Gasteiger partial charge >= 0.3 is 0 Å². The summed E-state index contributed by atoms with van der Waals surface area (Å²) < 4.78 is 5.59. The molecule has 1 aliphatic carbocycles. The highest BCUT2D eigenvalue weighted by atomic mass is 16.5. The number of rotatable bonds is 3. The Labute approximate surface area is 114 Å². The van der Waals surface area contributed by atoms with E-state index in [0.717, 1.165) is 18.0 Å². The van der Waals surface area contributed by atoms with Gasteiger partial charge in [-0.25, -0.2) is 4.99 Å². The fourth-order valence-electron chi connectivity index (χ4n) is 3.26. The summed E-state index contributed by atoms with van der Waals surface area (Å²) in [4.78, 5) is 4.49. The first kappa shape index (κ1) is 12.7. The molecule has 1 fully saturated rings. The molecule has 102 valence electrons. The summed E-state index contributed by atoms with van der Waals surface area (Å²) >= 11 is 0. The molecule has 1 saturated carbocycles. The molecular weight excluding hydrogens is 236 g/mol. The van der Waals surface area contributed by atoms with E-state index >= 15 is 0 Å². The second-order valence-corrected chi connectivity index (χ2v) is 5.86. The van der Waals surface area contributed by atoms with Gasteiger partial charge in [-0.05, 0) is 37.5 Å². The van der Waals surface area contributed by atoms with Crippen molar-refractivity contribution in [1.29, 1.82) is 0 Å². The normalized spacial score (nSPS) is 25.2. The molecule has 1 aromatic carbocycles. The van der Waals surface area contributed by atoms with Crippen molar-refractivity contribution in [2.45, 2.75) is 44.1 Å². The van der Waals surface area contributed by atoms with Gasteiger partial charge in [0.05, 0.1) is 6.04 Å². The average Bonchev–Trinajstić information content (AvgIpc) is 3.08. The minimum Gasteiger partial charge on any atom is -0.475 e. The highest BCUT2D eigenvalue weighted by molar-refractivity contribution is 5.95. The maximum atomic E-state index is 6.03. The predicted octanol–water partition coefficient (Wildman–Crippen LogP) is 2.62.